The Labute approximate surface area is 181 Å². The maximum Gasteiger partial charge on any atom is 0.192 e. The van der Waals surface area contributed by atoms with E-state index in [1.54, 1.807) is 0 Å². The van der Waals surface area contributed by atoms with Crippen LogP contribution < -0.4 is 0 Å². The van der Waals surface area contributed by atoms with Gasteiger partial charge in [-0.3, -0.25) is 0 Å². The monoisotopic (exact) mass is 452 g/mol. The molecule has 2 atom stereocenters. The Balaban J connectivity index is 0.00000676. The largest absolute Gasteiger partial charge is 0.413 e. The third-order valence-corrected chi connectivity index (χ3v) is 15.7. The van der Waals surface area contributed by atoms with Crippen LogP contribution >= 0.6 is 24.0 Å². The van der Waals surface area contributed by atoms with Gasteiger partial charge in [-0.05, 0) is 53.8 Å². The van der Waals surface area contributed by atoms with Crippen molar-refractivity contribution in [3.8, 4) is 0 Å². The third-order valence-electron chi connectivity index (χ3n) is 6.56. The molecule has 0 spiro atoms. The van der Waals surface area contributed by atoms with Crippen molar-refractivity contribution in [1.29, 1.82) is 0 Å². The summed E-state index contributed by atoms with van der Waals surface area (Å²) >= 11 is 6.03. The number of halogens is 2. The fourth-order valence-electron chi connectivity index (χ4n) is 2.69. The quantitative estimate of drug-likeness (QED) is 0.314. The zero-order valence-corrected chi connectivity index (χ0v) is 22.7. The van der Waals surface area contributed by atoms with E-state index in [2.05, 4.69) is 80.4 Å². The highest BCUT2D eigenvalue weighted by Gasteiger charge is 2.44. The van der Waals surface area contributed by atoms with Gasteiger partial charge in [-0.25, -0.2) is 0 Å². The zero-order chi connectivity index (χ0) is 20.6. The van der Waals surface area contributed by atoms with E-state index in [-0.39, 0.29) is 34.7 Å². The molecule has 2 nitrogen and oxygen atoms in total. The van der Waals surface area contributed by atoms with E-state index in [1.807, 2.05) is 0 Å². The fraction of sp³-hybridized carbons (Fsp3) is 0.810. The van der Waals surface area contributed by atoms with Crippen LogP contribution in [-0.4, -0.2) is 34.7 Å². The van der Waals surface area contributed by atoms with Crippen molar-refractivity contribution in [2.45, 2.75) is 103 Å². The van der Waals surface area contributed by atoms with Crippen LogP contribution in [0, 0.1) is 0 Å². The van der Waals surface area contributed by atoms with Crippen LogP contribution in [0.1, 0.15) is 54.4 Å². The van der Waals surface area contributed by atoms with Gasteiger partial charge in [-0.1, -0.05) is 54.2 Å². The molecule has 0 aromatic rings. The second kappa shape index (κ2) is 9.48. The summed E-state index contributed by atoms with van der Waals surface area (Å²) in [5.74, 6) is 0.508. The normalized spacial score (nSPS) is 24.1. The average molecular weight is 454 g/mol. The van der Waals surface area contributed by atoms with E-state index in [4.69, 9.17) is 20.5 Å². The van der Waals surface area contributed by atoms with Gasteiger partial charge in [0.15, 0.2) is 16.6 Å². The minimum absolute atomic E-state index is 0. The predicted octanol–water partition coefficient (Wildman–Crippen LogP) is 7.70. The smallest absolute Gasteiger partial charge is 0.192 e. The molecule has 1 rings (SSSR count). The lowest BCUT2D eigenvalue weighted by molar-refractivity contribution is 0.0969. The Morgan fingerprint density at radius 2 is 1.44 bits per heavy atom. The maximum absolute atomic E-state index is 6.75. The first-order valence-electron chi connectivity index (χ1n) is 9.81. The van der Waals surface area contributed by atoms with E-state index in [1.165, 1.54) is 5.57 Å². The number of alkyl halides is 1. The Kier molecular flexibility index (Phi) is 9.63. The lowest BCUT2D eigenvalue weighted by Crippen LogP contribution is -2.49. The molecule has 0 heterocycles. The molecule has 0 amide bonds. The van der Waals surface area contributed by atoms with Crippen LogP contribution in [0.2, 0.25) is 36.3 Å². The van der Waals surface area contributed by atoms with E-state index < -0.39 is 16.6 Å². The highest BCUT2D eigenvalue weighted by Crippen LogP contribution is 2.43. The molecule has 0 saturated heterocycles. The second-order valence-electron chi connectivity index (χ2n) is 10.7. The maximum atomic E-state index is 6.75. The third kappa shape index (κ3) is 7.00. The van der Waals surface area contributed by atoms with Crippen LogP contribution in [0.5, 0.6) is 0 Å². The van der Waals surface area contributed by atoms with Crippen molar-refractivity contribution < 1.29 is 8.85 Å². The lowest BCUT2D eigenvalue weighted by Gasteiger charge is -2.45. The minimum atomic E-state index is -1.88. The van der Waals surface area contributed by atoms with Gasteiger partial charge in [-0.2, -0.15) is 0 Å². The van der Waals surface area contributed by atoms with E-state index in [0.717, 1.165) is 18.4 Å². The first kappa shape index (κ1) is 27.4. The first-order valence-corrected chi connectivity index (χ1v) is 16.2. The Morgan fingerprint density at radius 1 is 1.00 bits per heavy atom. The summed E-state index contributed by atoms with van der Waals surface area (Å²) in [5.41, 5.74) is 2.32. The van der Waals surface area contributed by atoms with Gasteiger partial charge < -0.3 is 8.85 Å². The number of rotatable bonds is 5. The molecule has 1 saturated carbocycles. The summed E-state index contributed by atoms with van der Waals surface area (Å²) in [6.45, 7) is 27.4. The molecule has 1 aliphatic carbocycles. The topological polar surface area (TPSA) is 18.5 Å². The van der Waals surface area contributed by atoms with Crippen molar-refractivity contribution in [2.24, 2.45) is 0 Å². The fourth-order valence-corrected chi connectivity index (χ4v) is 5.55. The molecule has 6 heteroatoms. The molecule has 0 aromatic heterocycles. The van der Waals surface area contributed by atoms with Gasteiger partial charge in [0.25, 0.3) is 0 Å². The Bertz CT molecular complexity index is 543. The highest BCUT2D eigenvalue weighted by atomic mass is 35.5. The van der Waals surface area contributed by atoms with E-state index >= 15 is 0 Å². The summed E-state index contributed by atoms with van der Waals surface area (Å²) < 4.78 is 13.5. The molecule has 160 valence electrons. The summed E-state index contributed by atoms with van der Waals surface area (Å²) in [7, 11) is -3.70. The first-order chi connectivity index (χ1) is 11.5. The van der Waals surface area contributed by atoms with Crippen molar-refractivity contribution >= 4 is 40.6 Å². The van der Waals surface area contributed by atoms with Crippen molar-refractivity contribution in [1.82, 2.24) is 0 Å². The van der Waals surface area contributed by atoms with Crippen LogP contribution in [0.4, 0.5) is 0 Å². The van der Waals surface area contributed by atoms with Gasteiger partial charge in [-0.15, -0.1) is 24.0 Å². The molecule has 0 aromatic carbocycles. The Hall–Kier alpha value is 0.414. The molecule has 0 bridgehead atoms. The van der Waals surface area contributed by atoms with E-state index in [0.29, 0.717) is 5.88 Å². The van der Waals surface area contributed by atoms with Gasteiger partial charge in [0.1, 0.15) is 0 Å². The van der Waals surface area contributed by atoms with Crippen molar-refractivity contribution in [3.63, 3.8) is 0 Å². The predicted molar refractivity (Wildman–Crippen MR) is 129 cm³/mol. The summed E-state index contributed by atoms with van der Waals surface area (Å²) in [6.07, 6.45) is 4.11. The number of hydrogen-bond donors (Lipinski definition) is 0. The summed E-state index contributed by atoms with van der Waals surface area (Å²) in [4.78, 5) is 0. The number of allylic oxidation sites excluding steroid dienone is 1. The van der Waals surface area contributed by atoms with Gasteiger partial charge in [0.2, 0.25) is 0 Å². The van der Waals surface area contributed by atoms with Gasteiger partial charge in [0, 0.05) is 12.3 Å². The summed E-state index contributed by atoms with van der Waals surface area (Å²) in [5, 5.41) is 0.379. The molecule has 0 aliphatic heterocycles. The van der Waals surface area contributed by atoms with Gasteiger partial charge >= 0.3 is 0 Å². The lowest BCUT2D eigenvalue weighted by atomic mass is 9.86. The average Bonchev–Trinajstić information content (AvgIpc) is 2.40. The molecule has 0 unspecified atom stereocenters. The Morgan fingerprint density at radius 3 is 1.85 bits per heavy atom. The SMILES string of the molecule is C=C1/C(=C/CCl)C[C@@H](O[Si](C)(C)C(C)(C)C)C[C@@H]1O[Si](C)(C)C(C)(C)C.Cl. The molecule has 1 fully saturated rings. The van der Waals surface area contributed by atoms with Crippen LogP contribution in [-0.2, 0) is 8.85 Å². The van der Waals surface area contributed by atoms with Crippen molar-refractivity contribution in [2.75, 3.05) is 5.88 Å². The molecular formula is C21H42Cl2O2Si2. The molecule has 1 aliphatic rings. The molecule has 0 radical (unpaired) electrons. The van der Waals surface area contributed by atoms with Crippen molar-refractivity contribution in [3.05, 3.63) is 23.8 Å². The summed E-state index contributed by atoms with van der Waals surface area (Å²) in [6, 6.07) is 0. The van der Waals surface area contributed by atoms with E-state index in [9.17, 15) is 0 Å². The van der Waals surface area contributed by atoms with Crippen LogP contribution in [0.15, 0.2) is 23.8 Å². The van der Waals surface area contributed by atoms with Crippen LogP contribution in [0.25, 0.3) is 0 Å². The van der Waals surface area contributed by atoms with Crippen LogP contribution in [0.3, 0.4) is 0 Å². The molecule has 27 heavy (non-hydrogen) atoms. The zero-order valence-electron chi connectivity index (χ0n) is 19.2. The molecular weight excluding hydrogens is 411 g/mol. The number of hydrogen-bond acceptors (Lipinski definition) is 2. The molecule has 0 N–H and O–H groups in total. The standard InChI is InChI=1S/C21H41ClO2Si2.ClH/c1-16-17(12-13-22)14-18(23-25(8,9)20(2,3)4)15-19(16)24-26(10,11)21(5,6)7;/h12,18-19H,1,13-15H2,2-11H3;1H/b17-12+;/t18-,19+;/m1./s1. The van der Waals surface area contributed by atoms with Gasteiger partial charge in [0.05, 0.1) is 12.2 Å². The second-order valence-corrected chi connectivity index (χ2v) is 20.5. The highest BCUT2D eigenvalue weighted by molar-refractivity contribution is 6.74. The minimum Gasteiger partial charge on any atom is -0.413 e.